The maximum absolute atomic E-state index is 11.7. The zero-order valence-corrected chi connectivity index (χ0v) is 13.4. The van der Waals surface area contributed by atoms with E-state index >= 15 is 0 Å². The maximum atomic E-state index is 11.7. The molecule has 2 rings (SSSR count). The van der Waals surface area contributed by atoms with Crippen LogP contribution in [0.1, 0.15) is 16.1 Å². The zero-order chi connectivity index (χ0) is 15.2. The molecule has 0 atom stereocenters. The fraction of sp³-hybridized carbons (Fsp3) is 0.154. The summed E-state index contributed by atoms with van der Waals surface area (Å²) in [7, 11) is 1.24. The summed E-state index contributed by atoms with van der Waals surface area (Å²) in [6.45, 7) is 0.139. The Bertz CT molecular complexity index is 645. The van der Waals surface area contributed by atoms with E-state index < -0.39 is 12.1 Å². The zero-order valence-electron chi connectivity index (χ0n) is 11.0. The van der Waals surface area contributed by atoms with Gasteiger partial charge in [-0.1, -0.05) is 41.7 Å². The molecule has 0 fully saturated rings. The monoisotopic (exact) mass is 370 g/mol. The third-order valence-electron chi connectivity index (χ3n) is 2.41. The molecule has 0 bridgehead atoms. The molecule has 1 heterocycles. The van der Waals surface area contributed by atoms with Gasteiger partial charge in [-0.25, -0.2) is 14.6 Å². The molecule has 0 spiro atoms. The number of aromatic nitrogens is 1. The molecule has 0 aliphatic carbocycles. The van der Waals surface area contributed by atoms with Gasteiger partial charge in [-0.2, -0.15) is 0 Å². The molecule has 0 radical (unpaired) electrons. The number of hydrogen-bond acceptors (Lipinski definition) is 6. The summed E-state index contributed by atoms with van der Waals surface area (Å²) in [6.07, 6.45) is -0.667. The lowest BCUT2D eigenvalue weighted by molar-refractivity contribution is 0.0596. The first-order chi connectivity index (χ1) is 10.1. The fourth-order valence-electron chi connectivity index (χ4n) is 1.47. The number of ether oxygens (including phenoxy) is 2. The van der Waals surface area contributed by atoms with E-state index in [-0.39, 0.29) is 17.3 Å². The van der Waals surface area contributed by atoms with E-state index in [9.17, 15) is 9.59 Å². The van der Waals surface area contributed by atoms with E-state index in [0.717, 1.165) is 16.9 Å². The van der Waals surface area contributed by atoms with Gasteiger partial charge in [0.1, 0.15) is 11.6 Å². The summed E-state index contributed by atoms with van der Waals surface area (Å²) in [4.78, 5) is 27.2. The Morgan fingerprint density at radius 1 is 1.33 bits per heavy atom. The SMILES string of the molecule is COC(=O)c1nc(Br)sc1NC(=O)OCc1ccccc1. The van der Waals surface area contributed by atoms with Crippen molar-refractivity contribution in [1.82, 2.24) is 4.98 Å². The molecule has 6 nitrogen and oxygen atoms in total. The van der Waals surface area contributed by atoms with Crippen molar-refractivity contribution in [3.8, 4) is 0 Å². The van der Waals surface area contributed by atoms with Crippen molar-refractivity contribution in [1.29, 1.82) is 0 Å². The summed E-state index contributed by atoms with van der Waals surface area (Å²) in [5.74, 6) is -0.629. The van der Waals surface area contributed by atoms with E-state index in [4.69, 9.17) is 4.74 Å². The molecule has 0 aliphatic heterocycles. The Balaban J connectivity index is 1.98. The molecular formula is C13H11BrN2O4S. The van der Waals surface area contributed by atoms with E-state index in [2.05, 4.69) is 31.0 Å². The molecule has 21 heavy (non-hydrogen) atoms. The Morgan fingerprint density at radius 2 is 2.05 bits per heavy atom. The third kappa shape index (κ3) is 4.27. The number of benzene rings is 1. The van der Waals surface area contributed by atoms with Crippen molar-refractivity contribution >= 4 is 44.3 Å². The summed E-state index contributed by atoms with van der Waals surface area (Å²) in [5.41, 5.74) is 0.900. The predicted octanol–water partition coefficient (Wildman–Crippen LogP) is 3.44. The molecule has 0 aliphatic rings. The van der Waals surface area contributed by atoms with Gasteiger partial charge in [0.15, 0.2) is 9.61 Å². The van der Waals surface area contributed by atoms with Gasteiger partial charge in [0.05, 0.1) is 7.11 Å². The summed E-state index contributed by atoms with van der Waals surface area (Å²) >= 11 is 4.25. The van der Waals surface area contributed by atoms with Crippen LogP contribution in [0.4, 0.5) is 9.80 Å². The number of rotatable bonds is 4. The van der Waals surface area contributed by atoms with Gasteiger partial charge in [-0.15, -0.1) is 0 Å². The molecular weight excluding hydrogens is 360 g/mol. The van der Waals surface area contributed by atoms with Crippen LogP contribution in [0.5, 0.6) is 0 Å². The number of nitrogens with one attached hydrogen (secondary N) is 1. The third-order valence-corrected chi connectivity index (χ3v) is 3.83. The highest BCUT2D eigenvalue weighted by Crippen LogP contribution is 2.29. The van der Waals surface area contributed by atoms with Gasteiger partial charge < -0.3 is 9.47 Å². The number of amides is 1. The van der Waals surface area contributed by atoms with Crippen molar-refractivity contribution in [2.75, 3.05) is 12.4 Å². The molecule has 1 N–H and O–H groups in total. The molecule has 1 aromatic carbocycles. The minimum Gasteiger partial charge on any atom is -0.464 e. The van der Waals surface area contributed by atoms with E-state index in [0.29, 0.717) is 3.92 Å². The van der Waals surface area contributed by atoms with Gasteiger partial charge in [0, 0.05) is 0 Å². The highest BCUT2D eigenvalue weighted by Gasteiger charge is 2.20. The largest absolute Gasteiger partial charge is 0.464 e. The summed E-state index contributed by atoms with van der Waals surface area (Å²) in [6, 6.07) is 9.27. The van der Waals surface area contributed by atoms with Crippen molar-refractivity contribution in [2.24, 2.45) is 0 Å². The quantitative estimate of drug-likeness (QED) is 0.834. The van der Waals surface area contributed by atoms with Gasteiger partial charge in [0.25, 0.3) is 0 Å². The summed E-state index contributed by atoms with van der Waals surface area (Å²) in [5, 5.41) is 2.75. The van der Waals surface area contributed by atoms with Crippen LogP contribution < -0.4 is 5.32 Å². The maximum Gasteiger partial charge on any atom is 0.412 e. The summed E-state index contributed by atoms with van der Waals surface area (Å²) < 4.78 is 10.1. The fourth-order valence-corrected chi connectivity index (χ4v) is 2.79. The van der Waals surface area contributed by atoms with Crippen LogP contribution in [0, 0.1) is 0 Å². The highest BCUT2D eigenvalue weighted by atomic mass is 79.9. The van der Waals surface area contributed by atoms with Crippen LogP contribution in [0.15, 0.2) is 34.2 Å². The molecule has 8 heteroatoms. The molecule has 0 saturated carbocycles. The second kappa shape index (κ2) is 7.19. The standard InChI is InChI=1S/C13H11BrN2O4S/c1-19-11(17)9-10(21-12(14)15-9)16-13(18)20-7-8-5-3-2-4-6-8/h2-6H,7H2,1H3,(H,16,18). The predicted molar refractivity (Wildman–Crippen MR) is 81.4 cm³/mol. The topological polar surface area (TPSA) is 77.5 Å². The molecule has 1 aromatic heterocycles. The first-order valence-corrected chi connectivity index (χ1v) is 7.43. The molecule has 0 saturated heterocycles. The minimum atomic E-state index is -0.667. The van der Waals surface area contributed by atoms with Gasteiger partial charge in [0.2, 0.25) is 0 Å². The van der Waals surface area contributed by atoms with Crippen molar-refractivity contribution in [3.63, 3.8) is 0 Å². The number of nitrogens with zero attached hydrogens (tertiary/aromatic N) is 1. The van der Waals surface area contributed by atoms with Crippen molar-refractivity contribution < 1.29 is 19.1 Å². The molecule has 2 aromatic rings. The number of anilines is 1. The smallest absolute Gasteiger partial charge is 0.412 e. The van der Waals surface area contributed by atoms with Crippen LogP contribution in [-0.2, 0) is 16.1 Å². The lowest BCUT2D eigenvalue weighted by Gasteiger charge is -2.06. The highest BCUT2D eigenvalue weighted by molar-refractivity contribution is 9.11. The number of hydrogen-bond donors (Lipinski definition) is 1. The van der Waals surface area contributed by atoms with Crippen LogP contribution in [-0.4, -0.2) is 24.2 Å². The number of halogens is 1. The number of carbonyl (C=O) groups is 2. The number of esters is 1. The lowest BCUT2D eigenvalue weighted by atomic mass is 10.2. The minimum absolute atomic E-state index is 0.0334. The van der Waals surface area contributed by atoms with Crippen molar-refractivity contribution in [3.05, 3.63) is 45.5 Å². The van der Waals surface area contributed by atoms with E-state index in [1.165, 1.54) is 7.11 Å². The Kier molecular flexibility index (Phi) is 5.29. The van der Waals surface area contributed by atoms with Crippen LogP contribution >= 0.6 is 27.3 Å². The van der Waals surface area contributed by atoms with Crippen LogP contribution in [0.25, 0.3) is 0 Å². The average Bonchev–Trinajstić information content (AvgIpc) is 2.86. The van der Waals surface area contributed by atoms with E-state index in [1.807, 2.05) is 30.3 Å². The molecule has 0 unspecified atom stereocenters. The van der Waals surface area contributed by atoms with Crippen molar-refractivity contribution in [2.45, 2.75) is 6.61 Å². The van der Waals surface area contributed by atoms with E-state index in [1.54, 1.807) is 0 Å². The Morgan fingerprint density at radius 3 is 2.71 bits per heavy atom. The first kappa shape index (κ1) is 15.5. The number of thiazole rings is 1. The van der Waals surface area contributed by atoms with Gasteiger partial charge in [-0.05, 0) is 21.5 Å². The van der Waals surface area contributed by atoms with Crippen LogP contribution in [0.2, 0.25) is 0 Å². The second-order valence-electron chi connectivity index (χ2n) is 3.82. The lowest BCUT2D eigenvalue weighted by Crippen LogP contribution is -2.15. The number of methoxy groups -OCH3 is 1. The Labute approximate surface area is 133 Å². The molecule has 1 amide bonds. The molecule has 110 valence electrons. The normalized spacial score (nSPS) is 10.0. The second-order valence-corrected chi connectivity index (χ2v) is 6.10. The Hall–Kier alpha value is -1.93. The average molecular weight is 371 g/mol. The van der Waals surface area contributed by atoms with Gasteiger partial charge in [-0.3, -0.25) is 5.32 Å². The van der Waals surface area contributed by atoms with Gasteiger partial charge >= 0.3 is 12.1 Å². The van der Waals surface area contributed by atoms with Crippen LogP contribution in [0.3, 0.4) is 0 Å². The number of carbonyl (C=O) groups excluding carboxylic acids is 2. The first-order valence-electron chi connectivity index (χ1n) is 5.82.